The highest BCUT2D eigenvalue weighted by Gasteiger charge is 2.41. The lowest BCUT2D eigenvalue weighted by molar-refractivity contribution is 0.101. The number of aliphatic imine (C=N–C) groups is 2. The van der Waals surface area contributed by atoms with E-state index in [0.717, 1.165) is 63.9 Å². The summed E-state index contributed by atoms with van der Waals surface area (Å²) in [5, 5.41) is 43.2. The zero-order chi connectivity index (χ0) is 51.5. The van der Waals surface area contributed by atoms with Crippen LogP contribution in [0.2, 0.25) is 0 Å². The second-order valence-electron chi connectivity index (χ2n) is 23.7. The minimum Gasteiger partial charge on any atom is -0.395 e. The average Bonchev–Trinajstić information content (AvgIpc) is 4.05. The molecule has 0 amide bonds. The van der Waals surface area contributed by atoms with E-state index in [1.54, 1.807) is 16.7 Å². The Hall–Kier alpha value is -5.20. The summed E-state index contributed by atoms with van der Waals surface area (Å²) >= 11 is 0. The van der Waals surface area contributed by atoms with Crippen LogP contribution in [0.15, 0.2) is 44.5 Å². The van der Waals surface area contributed by atoms with Crippen molar-refractivity contribution in [2.45, 2.75) is 151 Å². The molecule has 71 heavy (non-hydrogen) atoms. The van der Waals surface area contributed by atoms with Crippen LogP contribution in [0.25, 0.3) is 0 Å². The number of methoxy groups -OCH3 is 1. The predicted molar refractivity (Wildman–Crippen MR) is 284 cm³/mol. The van der Waals surface area contributed by atoms with E-state index in [1.807, 2.05) is 0 Å². The normalized spacial score (nSPS) is 21.3. The molecule has 0 saturated carbocycles. The van der Waals surface area contributed by atoms with Crippen molar-refractivity contribution in [3.8, 4) is 0 Å². The Morgan fingerprint density at radius 2 is 1.17 bits per heavy atom. The molecule has 0 saturated heterocycles. The molecule has 4 aromatic rings. The van der Waals surface area contributed by atoms with Gasteiger partial charge in [-0.2, -0.15) is 10.2 Å². The quantitative estimate of drug-likeness (QED) is 0.0721. The molecule has 4 unspecified atom stereocenters. The summed E-state index contributed by atoms with van der Waals surface area (Å²) in [4.78, 5) is 28.9. The van der Waals surface area contributed by atoms with E-state index in [0.29, 0.717) is 80.4 Å². The number of rotatable bonds is 16. The fraction of sp³-hybridized carbons (Fsp3) is 0.630. The van der Waals surface area contributed by atoms with Gasteiger partial charge in [0.2, 0.25) is 11.6 Å². The number of nitrogens with zero attached hydrogens (tertiary/aromatic N) is 12. The molecule has 8 rings (SSSR count). The van der Waals surface area contributed by atoms with Crippen molar-refractivity contribution in [1.82, 2.24) is 35.1 Å². The molecule has 0 radical (unpaired) electrons. The summed E-state index contributed by atoms with van der Waals surface area (Å²) in [6.45, 7) is 35.5. The number of hydrogen-bond acceptors (Lipinski definition) is 15. The monoisotopic (exact) mass is 974 g/mol. The Balaban J connectivity index is 1.04. The van der Waals surface area contributed by atoms with Gasteiger partial charge in [0.25, 0.3) is 0 Å². The number of aromatic nitrogens is 6. The third-order valence-electron chi connectivity index (χ3n) is 14.5. The van der Waals surface area contributed by atoms with Crippen LogP contribution in [-0.4, -0.2) is 134 Å². The third-order valence-corrected chi connectivity index (χ3v) is 14.5. The lowest BCUT2D eigenvalue weighted by Crippen LogP contribution is -2.49. The second-order valence-corrected chi connectivity index (χ2v) is 23.7. The maximum absolute atomic E-state index is 10.0. The number of aliphatic hydroxyl groups is 2. The van der Waals surface area contributed by atoms with Gasteiger partial charge in [0.15, 0.2) is 11.6 Å². The van der Waals surface area contributed by atoms with Crippen LogP contribution in [0.4, 0.5) is 22.7 Å². The topological polar surface area (TPSA) is 188 Å². The van der Waals surface area contributed by atoms with Gasteiger partial charge in [-0.25, -0.2) is 20.0 Å². The summed E-state index contributed by atoms with van der Waals surface area (Å²) in [5.74, 6) is 2.67. The Kier molecular flexibility index (Phi) is 14.4. The minimum atomic E-state index is -0.328. The molecule has 17 heteroatoms. The van der Waals surface area contributed by atoms with E-state index in [2.05, 4.69) is 143 Å². The van der Waals surface area contributed by atoms with E-state index >= 15 is 0 Å². The Morgan fingerprint density at radius 1 is 0.718 bits per heavy atom. The maximum atomic E-state index is 10.0. The van der Waals surface area contributed by atoms with E-state index in [-0.39, 0.29) is 47.0 Å². The zero-order valence-corrected chi connectivity index (χ0v) is 45.3. The lowest BCUT2D eigenvalue weighted by Gasteiger charge is -2.47. The molecular formula is C54H79N13O4. The largest absolute Gasteiger partial charge is 0.395 e. The van der Waals surface area contributed by atoms with Crippen molar-refractivity contribution < 1.29 is 19.7 Å². The highest BCUT2D eigenvalue weighted by Crippen LogP contribution is 2.47. The summed E-state index contributed by atoms with van der Waals surface area (Å²) in [5.41, 5.74) is 10.9. The molecule has 0 fully saturated rings. The molecule has 384 valence electrons. The maximum Gasteiger partial charge on any atom is 0.204 e. The molecule has 2 aromatic heterocycles. The molecule has 0 aliphatic carbocycles. The fourth-order valence-corrected chi connectivity index (χ4v) is 11.0. The number of β-amino-alcohol motifs (C(OH)–C–C–N with tert-alkyl or cyclic N) is 2. The third kappa shape index (κ3) is 10.3. The molecule has 4 aliphatic heterocycles. The van der Waals surface area contributed by atoms with E-state index in [4.69, 9.17) is 49.8 Å². The summed E-state index contributed by atoms with van der Waals surface area (Å²) in [6, 6.07) is 8.88. The molecular weight excluding hydrogens is 895 g/mol. The first-order chi connectivity index (χ1) is 33.4. The van der Waals surface area contributed by atoms with Crippen molar-refractivity contribution in [2.75, 3.05) is 69.7 Å². The van der Waals surface area contributed by atoms with E-state index < -0.39 is 0 Å². The van der Waals surface area contributed by atoms with Crippen LogP contribution in [0.1, 0.15) is 172 Å². The van der Waals surface area contributed by atoms with Crippen molar-refractivity contribution in [3.05, 3.63) is 69.8 Å². The van der Waals surface area contributed by atoms with Gasteiger partial charge in [0.05, 0.1) is 61.9 Å². The zero-order valence-electron chi connectivity index (χ0n) is 45.3. The molecule has 0 spiro atoms. The van der Waals surface area contributed by atoms with Gasteiger partial charge < -0.3 is 29.5 Å². The summed E-state index contributed by atoms with van der Waals surface area (Å²) in [7, 11) is 1.66. The molecule has 4 aliphatic rings. The fourth-order valence-electron chi connectivity index (χ4n) is 11.0. The Labute approximate surface area is 421 Å². The number of benzene rings is 2. The first kappa shape index (κ1) is 52.1. The molecule has 6 heterocycles. The number of aliphatic hydroxyl groups excluding tert-OH is 2. The van der Waals surface area contributed by atoms with Gasteiger partial charge in [-0.15, -0.1) is 19.8 Å². The molecule has 17 nitrogen and oxygen atoms in total. The molecule has 0 bridgehead atoms. The Morgan fingerprint density at radius 3 is 1.61 bits per heavy atom. The van der Waals surface area contributed by atoms with Gasteiger partial charge in [-0.3, -0.25) is 5.32 Å². The van der Waals surface area contributed by atoms with Crippen LogP contribution in [0.3, 0.4) is 0 Å². The van der Waals surface area contributed by atoms with Crippen molar-refractivity contribution in [2.24, 2.45) is 31.0 Å². The number of hydrogen-bond donors (Lipinski definition) is 3. The van der Waals surface area contributed by atoms with Gasteiger partial charge in [0.1, 0.15) is 11.4 Å². The summed E-state index contributed by atoms with van der Waals surface area (Å²) in [6.07, 6.45) is 1.94. The summed E-state index contributed by atoms with van der Waals surface area (Å²) < 4.78 is 11.9. The first-order valence-electron chi connectivity index (χ1n) is 25.5. The number of nitrogens with one attached hydrogen (secondary N) is 1. The van der Waals surface area contributed by atoms with E-state index in [1.165, 1.54) is 11.1 Å². The van der Waals surface area contributed by atoms with Gasteiger partial charge in [-0.1, -0.05) is 62.3 Å². The van der Waals surface area contributed by atoms with E-state index in [9.17, 15) is 10.2 Å². The Bertz CT molecular complexity index is 2770. The highest BCUT2D eigenvalue weighted by atomic mass is 16.5. The first-order valence-corrected chi connectivity index (χ1v) is 25.5. The second kappa shape index (κ2) is 19.7. The average molecular weight is 974 g/mol. The van der Waals surface area contributed by atoms with Gasteiger partial charge in [-0.05, 0) is 113 Å². The standard InChI is InChI=1S/C54H79N13O4/c1-31-21-41-37(33(3)25-53(12,13)64(41)17-19-68)23-39(31)56-43-45(51(6,7)8)60-66-49(43)58-47(62-66)35(5)28-71-29-36(27-55-30-70-16)48-59-50-44(46(52(9,10)11)61-67(50)63-48)57-40-24-38-34(4)26-54(14,15)65(18-20-69)42(38)22-32(40)2/h21-24,33-36,55,68-69H,17-20,25-30H2,1-16H3/b56-43-,57-44-. The van der Waals surface area contributed by atoms with Gasteiger partial charge >= 0.3 is 0 Å². The SMILES string of the molecule is COCNCC(COCC(C)c1nc2n(n1)N=C(C(C)(C)C)/C2=N/c1cc2c(cc1C)N(CCO)C(C)(C)CC2C)c1nc2n(n1)N=C(C(C)(C)C)/C2=N/c1cc2c(cc1C)N(CCO)C(C)(C)CC2C. The number of ether oxygens (including phenoxy) is 2. The van der Waals surface area contributed by atoms with Crippen LogP contribution in [-0.2, 0) is 9.47 Å². The number of fused-ring (bicyclic) bond motifs is 4. The van der Waals surface area contributed by atoms with Crippen LogP contribution < -0.4 is 15.1 Å². The van der Waals surface area contributed by atoms with Gasteiger partial charge in [0, 0.05) is 65.9 Å². The molecule has 2 aromatic carbocycles. The van der Waals surface area contributed by atoms with Crippen LogP contribution in [0.5, 0.6) is 0 Å². The minimum absolute atomic E-state index is 0.0746. The molecule has 4 atom stereocenters. The smallest absolute Gasteiger partial charge is 0.204 e. The molecule has 3 N–H and O–H groups in total. The van der Waals surface area contributed by atoms with Crippen molar-refractivity contribution in [1.29, 1.82) is 0 Å². The van der Waals surface area contributed by atoms with Crippen molar-refractivity contribution >= 4 is 45.6 Å². The van der Waals surface area contributed by atoms with Crippen molar-refractivity contribution in [3.63, 3.8) is 0 Å². The lowest BCUT2D eigenvalue weighted by atomic mass is 9.79. The number of aryl methyl sites for hydroxylation is 2. The van der Waals surface area contributed by atoms with Crippen LogP contribution >= 0.6 is 0 Å². The van der Waals surface area contributed by atoms with Crippen LogP contribution in [0, 0.1) is 24.7 Å². The predicted octanol–water partition coefficient (Wildman–Crippen LogP) is 8.52. The number of anilines is 2. The highest BCUT2D eigenvalue weighted by molar-refractivity contribution is 6.51.